The number of ether oxygens (including phenoxy) is 2. The normalized spacial score (nSPS) is 19.9. The fourth-order valence-corrected chi connectivity index (χ4v) is 2.37. The predicted octanol–water partition coefficient (Wildman–Crippen LogP) is 2.08. The largest absolute Gasteiger partial charge is 0.496 e. The van der Waals surface area contributed by atoms with Gasteiger partial charge >= 0.3 is 0 Å². The molecule has 19 heavy (non-hydrogen) atoms. The van der Waals surface area contributed by atoms with E-state index in [0.717, 1.165) is 30.9 Å². The maximum absolute atomic E-state index is 8.95. The van der Waals surface area contributed by atoms with Crippen molar-refractivity contribution in [1.29, 1.82) is 5.26 Å². The summed E-state index contributed by atoms with van der Waals surface area (Å²) < 4.78 is 10.7. The summed E-state index contributed by atoms with van der Waals surface area (Å²) in [5.41, 5.74) is 1.68. The first kappa shape index (κ1) is 13.9. The third-order valence-corrected chi connectivity index (χ3v) is 3.70. The van der Waals surface area contributed by atoms with Crippen LogP contribution in [0.1, 0.15) is 24.5 Å². The molecule has 4 nitrogen and oxygen atoms in total. The Bertz CT molecular complexity index is 462. The van der Waals surface area contributed by atoms with E-state index in [2.05, 4.69) is 18.3 Å². The van der Waals surface area contributed by atoms with E-state index in [4.69, 9.17) is 14.7 Å². The summed E-state index contributed by atoms with van der Waals surface area (Å²) in [7, 11) is 1.65. The van der Waals surface area contributed by atoms with Crippen LogP contribution in [-0.2, 0) is 11.3 Å². The highest BCUT2D eigenvalue weighted by atomic mass is 16.5. The zero-order valence-electron chi connectivity index (χ0n) is 11.5. The van der Waals surface area contributed by atoms with Crippen molar-refractivity contribution in [1.82, 2.24) is 5.32 Å². The van der Waals surface area contributed by atoms with Crippen molar-refractivity contribution in [2.24, 2.45) is 5.92 Å². The topological polar surface area (TPSA) is 54.3 Å². The second-order valence-electron chi connectivity index (χ2n) is 4.93. The van der Waals surface area contributed by atoms with Gasteiger partial charge in [-0.3, -0.25) is 0 Å². The minimum absolute atomic E-state index is 0.401. The maximum atomic E-state index is 8.95. The lowest BCUT2D eigenvalue weighted by molar-refractivity contribution is 0.178. The van der Waals surface area contributed by atoms with E-state index in [1.807, 2.05) is 12.1 Å². The number of nitrogens with zero attached hydrogens (tertiary/aromatic N) is 1. The molecule has 0 radical (unpaired) electrons. The molecule has 0 aliphatic carbocycles. The van der Waals surface area contributed by atoms with Gasteiger partial charge < -0.3 is 14.8 Å². The fourth-order valence-electron chi connectivity index (χ4n) is 2.37. The molecule has 0 saturated carbocycles. The smallest absolute Gasteiger partial charge is 0.123 e. The molecule has 2 atom stereocenters. The average Bonchev–Trinajstić information content (AvgIpc) is 2.98. The molecule has 1 heterocycles. The van der Waals surface area contributed by atoms with Crippen LogP contribution in [0.2, 0.25) is 0 Å². The van der Waals surface area contributed by atoms with Crippen LogP contribution in [0.15, 0.2) is 18.2 Å². The molecule has 102 valence electrons. The van der Waals surface area contributed by atoms with Gasteiger partial charge in [-0.05, 0) is 37.5 Å². The summed E-state index contributed by atoms with van der Waals surface area (Å²) in [4.78, 5) is 0. The summed E-state index contributed by atoms with van der Waals surface area (Å²) in [6.45, 7) is 4.59. The van der Waals surface area contributed by atoms with E-state index < -0.39 is 0 Å². The number of nitriles is 1. The van der Waals surface area contributed by atoms with E-state index in [1.165, 1.54) is 0 Å². The molecule has 2 unspecified atom stereocenters. The molecule has 0 aromatic heterocycles. The monoisotopic (exact) mass is 260 g/mol. The highest BCUT2D eigenvalue weighted by molar-refractivity contribution is 5.42. The third-order valence-electron chi connectivity index (χ3n) is 3.70. The summed E-state index contributed by atoms with van der Waals surface area (Å²) in [6, 6.07) is 8.06. The van der Waals surface area contributed by atoms with Gasteiger partial charge in [0.25, 0.3) is 0 Å². The lowest BCUT2D eigenvalue weighted by Gasteiger charge is -2.20. The second kappa shape index (κ2) is 6.55. The molecule has 0 spiro atoms. The van der Waals surface area contributed by atoms with Crippen molar-refractivity contribution in [3.8, 4) is 11.8 Å². The van der Waals surface area contributed by atoms with Crippen molar-refractivity contribution in [3.63, 3.8) is 0 Å². The highest BCUT2D eigenvalue weighted by Gasteiger charge is 2.22. The number of hydrogen-bond acceptors (Lipinski definition) is 4. The van der Waals surface area contributed by atoms with Crippen LogP contribution in [0.5, 0.6) is 5.75 Å². The molecule has 1 aromatic rings. The Morgan fingerprint density at radius 3 is 3.05 bits per heavy atom. The quantitative estimate of drug-likeness (QED) is 0.880. The second-order valence-corrected chi connectivity index (χ2v) is 4.93. The van der Waals surface area contributed by atoms with Crippen molar-refractivity contribution in [2.75, 3.05) is 20.3 Å². The Labute approximate surface area is 114 Å². The fraction of sp³-hybridized carbons (Fsp3) is 0.533. The lowest BCUT2D eigenvalue weighted by Crippen LogP contribution is -2.33. The van der Waals surface area contributed by atoms with Crippen molar-refractivity contribution < 1.29 is 9.47 Å². The average molecular weight is 260 g/mol. The zero-order valence-corrected chi connectivity index (χ0v) is 11.5. The molecule has 0 amide bonds. The van der Waals surface area contributed by atoms with Gasteiger partial charge in [0.05, 0.1) is 25.3 Å². The van der Waals surface area contributed by atoms with E-state index >= 15 is 0 Å². The summed E-state index contributed by atoms with van der Waals surface area (Å²) in [5, 5.41) is 12.4. The first-order valence-corrected chi connectivity index (χ1v) is 6.62. The Morgan fingerprint density at radius 2 is 2.42 bits per heavy atom. The SMILES string of the molecule is COc1ccc(C#N)cc1CNC(C)C1CCOC1. The van der Waals surface area contributed by atoms with E-state index in [-0.39, 0.29) is 0 Å². The van der Waals surface area contributed by atoms with Gasteiger partial charge in [-0.2, -0.15) is 5.26 Å². The van der Waals surface area contributed by atoms with Crippen LogP contribution in [0.4, 0.5) is 0 Å². The minimum atomic E-state index is 0.401. The summed E-state index contributed by atoms with van der Waals surface area (Å²) in [5.74, 6) is 1.39. The van der Waals surface area contributed by atoms with Crippen molar-refractivity contribution in [3.05, 3.63) is 29.3 Å². The Balaban J connectivity index is 1.99. The van der Waals surface area contributed by atoms with Crippen molar-refractivity contribution >= 4 is 0 Å². The highest BCUT2D eigenvalue weighted by Crippen LogP contribution is 2.21. The number of rotatable bonds is 5. The standard InChI is InChI=1S/C15H20N2O2/c1-11(13-5-6-19-10-13)17-9-14-7-12(8-16)3-4-15(14)18-2/h3-4,7,11,13,17H,5-6,9-10H2,1-2H3. The minimum Gasteiger partial charge on any atom is -0.496 e. The third kappa shape index (κ3) is 3.46. The van der Waals surface area contributed by atoms with Crippen molar-refractivity contribution in [2.45, 2.75) is 25.9 Å². The number of methoxy groups -OCH3 is 1. The number of hydrogen-bond donors (Lipinski definition) is 1. The first-order valence-electron chi connectivity index (χ1n) is 6.62. The van der Waals surface area contributed by atoms with Crippen LogP contribution in [-0.4, -0.2) is 26.4 Å². The zero-order chi connectivity index (χ0) is 13.7. The van der Waals surface area contributed by atoms with Crippen LogP contribution >= 0.6 is 0 Å². The maximum Gasteiger partial charge on any atom is 0.123 e. The predicted molar refractivity (Wildman–Crippen MR) is 72.9 cm³/mol. The van der Waals surface area contributed by atoms with Gasteiger partial charge in [-0.1, -0.05) is 0 Å². The molecule has 0 bridgehead atoms. The van der Waals surface area contributed by atoms with Crippen LogP contribution in [0.3, 0.4) is 0 Å². The lowest BCUT2D eigenvalue weighted by atomic mass is 10.0. The molecule has 1 aliphatic rings. The molecule has 1 aliphatic heterocycles. The van der Waals surface area contributed by atoms with Crippen LogP contribution in [0.25, 0.3) is 0 Å². The van der Waals surface area contributed by atoms with Gasteiger partial charge in [0.2, 0.25) is 0 Å². The molecular weight excluding hydrogens is 240 g/mol. The van der Waals surface area contributed by atoms with Gasteiger partial charge in [0.1, 0.15) is 5.75 Å². The van der Waals surface area contributed by atoms with Gasteiger partial charge in [-0.25, -0.2) is 0 Å². The number of benzene rings is 1. The molecule has 1 N–H and O–H groups in total. The molecular formula is C15H20N2O2. The van der Waals surface area contributed by atoms with E-state index in [9.17, 15) is 0 Å². The Kier molecular flexibility index (Phi) is 4.78. The molecule has 2 rings (SSSR count). The van der Waals surface area contributed by atoms with Crippen LogP contribution < -0.4 is 10.1 Å². The molecule has 1 fully saturated rings. The molecule has 4 heteroatoms. The molecule has 1 aromatic carbocycles. The Hall–Kier alpha value is -1.57. The molecule has 1 saturated heterocycles. The van der Waals surface area contributed by atoms with Gasteiger partial charge in [-0.15, -0.1) is 0 Å². The van der Waals surface area contributed by atoms with Crippen LogP contribution in [0, 0.1) is 17.2 Å². The van der Waals surface area contributed by atoms with E-state index in [0.29, 0.717) is 24.1 Å². The first-order chi connectivity index (χ1) is 9.24. The van der Waals surface area contributed by atoms with E-state index in [1.54, 1.807) is 13.2 Å². The Morgan fingerprint density at radius 1 is 1.58 bits per heavy atom. The van der Waals surface area contributed by atoms with Gasteiger partial charge in [0, 0.05) is 24.8 Å². The summed E-state index contributed by atoms with van der Waals surface area (Å²) >= 11 is 0. The number of nitrogens with one attached hydrogen (secondary N) is 1. The summed E-state index contributed by atoms with van der Waals surface area (Å²) in [6.07, 6.45) is 1.11. The van der Waals surface area contributed by atoms with Gasteiger partial charge in [0.15, 0.2) is 0 Å².